The van der Waals surface area contributed by atoms with Gasteiger partial charge in [0.1, 0.15) is 11.4 Å². The zero-order valence-electron chi connectivity index (χ0n) is 17.7. The highest BCUT2D eigenvalue weighted by Crippen LogP contribution is 2.32. The van der Waals surface area contributed by atoms with Crippen LogP contribution in [0.1, 0.15) is 21.6 Å². The Kier molecular flexibility index (Phi) is 7.69. The van der Waals surface area contributed by atoms with Gasteiger partial charge in [0.05, 0.1) is 4.90 Å². The number of rotatable bonds is 7. The SMILES string of the molecule is Cc1ccccc1CSc1ncc(Sc2ccc(Br)cc2)c(C(=O)Nc2cccc(O)c2)n1. The molecule has 1 amide bonds. The zero-order valence-corrected chi connectivity index (χ0v) is 20.9. The Labute approximate surface area is 209 Å². The molecule has 0 radical (unpaired) electrons. The van der Waals surface area contributed by atoms with Gasteiger partial charge in [-0.2, -0.15) is 0 Å². The molecule has 0 saturated heterocycles. The number of aromatic nitrogens is 2. The maximum atomic E-state index is 13.2. The quantitative estimate of drug-likeness (QED) is 0.196. The molecule has 0 fully saturated rings. The molecule has 0 unspecified atom stereocenters. The van der Waals surface area contributed by atoms with Gasteiger partial charge in [0.25, 0.3) is 5.91 Å². The number of halogens is 1. The normalized spacial score (nSPS) is 10.7. The van der Waals surface area contributed by atoms with Crippen LogP contribution >= 0.6 is 39.5 Å². The third-order valence-corrected chi connectivity index (χ3v) is 7.18. The van der Waals surface area contributed by atoms with Gasteiger partial charge in [-0.1, -0.05) is 69.8 Å². The molecule has 5 nitrogen and oxygen atoms in total. The lowest BCUT2D eigenvalue weighted by atomic mass is 10.1. The summed E-state index contributed by atoms with van der Waals surface area (Å²) in [5, 5.41) is 13.1. The minimum absolute atomic E-state index is 0.0782. The summed E-state index contributed by atoms with van der Waals surface area (Å²) in [4.78, 5) is 23.9. The molecule has 1 heterocycles. The van der Waals surface area contributed by atoms with Crippen LogP contribution in [-0.2, 0) is 5.75 Å². The summed E-state index contributed by atoms with van der Waals surface area (Å²) >= 11 is 6.35. The number of benzene rings is 3. The first-order valence-corrected chi connectivity index (χ1v) is 12.7. The first-order valence-electron chi connectivity index (χ1n) is 10.1. The number of phenolic OH excluding ortho intramolecular Hbond substituents is 1. The van der Waals surface area contributed by atoms with Gasteiger partial charge in [-0.25, -0.2) is 9.97 Å². The Hall–Kier alpha value is -2.81. The zero-order chi connectivity index (χ0) is 23.2. The Bertz CT molecular complexity index is 1280. The van der Waals surface area contributed by atoms with Gasteiger partial charge < -0.3 is 10.4 Å². The second-order valence-corrected chi connectivity index (χ2v) is 10.1. The predicted octanol–water partition coefficient (Wildman–Crippen LogP) is 6.95. The van der Waals surface area contributed by atoms with Gasteiger partial charge >= 0.3 is 0 Å². The number of carbonyl (C=O) groups excluding carboxylic acids is 1. The van der Waals surface area contributed by atoms with E-state index in [9.17, 15) is 9.90 Å². The van der Waals surface area contributed by atoms with Crippen molar-refractivity contribution in [1.82, 2.24) is 9.97 Å². The van der Waals surface area contributed by atoms with E-state index < -0.39 is 0 Å². The lowest BCUT2D eigenvalue weighted by Gasteiger charge is -2.11. The number of thioether (sulfide) groups is 1. The molecule has 0 saturated carbocycles. The summed E-state index contributed by atoms with van der Waals surface area (Å²) in [5.41, 5.74) is 3.18. The highest BCUT2D eigenvalue weighted by atomic mass is 79.9. The van der Waals surface area contributed by atoms with E-state index in [1.54, 1.807) is 24.4 Å². The van der Waals surface area contributed by atoms with Crippen LogP contribution in [0.5, 0.6) is 5.75 Å². The fourth-order valence-electron chi connectivity index (χ4n) is 2.98. The van der Waals surface area contributed by atoms with Crippen LogP contribution in [0.3, 0.4) is 0 Å². The van der Waals surface area contributed by atoms with Crippen LogP contribution in [0, 0.1) is 6.92 Å². The number of amides is 1. The molecule has 0 aliphatic carbocycles. The Balaban J connectivity index is 1.61. The van der Waals surface area contributed by atoms with E-state index in [1.807, 2.05) is 36.4 Å². The predicted molar refractivity (Wildman–Crippen MR) is 137 cm³/mol. The van der Waals surface area contributed by atoms with Gasteiger partial charge in [0.2, 0.25) is 0 Å². The molecular weight excluding hydrogens is 518 g/mol. The van der Waals surface area contributed by atoms with Gasteiger partial charge in [0.15, 0.2) is 5.16 Å². The molecule has 166 valence electrons. The number of aromatic hydroxyl groups is 1. The number of aryl methyl sites for hydroxylation is 1. The van der Waals surface area contributed by atoms with Crippen LogP contribution in [0.25, 0.3) is 0 Å². The van der Waals surface area contributed by atoms with Crippen molar-refractivity contribution in [1.29, 1.82) is 0 Å². The second-order valence-electron chi connectivity index (χ2n) is 7.14. The summed E-state index contributed by atoms with van der Waals surface area (Å²) < 4.78 is 0.980. The number of hydrogen-bond acceptors (Lipinski definition) is 6. The van der Waals surface area contributed by atoms with Gasteiger partial charge in [-0.3, -0.25) is 4.79 Å². The molecular formula is C25H20BrN3O2S2. The van der Waals surface area contributed by atoms with Crippen molar-refractivity contribution in [2.24, 2.45) is 0 Å². The Morgan fingerprint density at radius 1 is 1.06 bits per heavy atom. The molecule has 0 spiro atoms. The lowest BCUT2D eigenvalue weighted by Crippen LogP contribution is -2.15. The van der Waals surface area contributed by atoms with E-state index in [4.69, 9.17) is 0 Å². The standard InChI is InChI=1S/C25H20BrN3O2S2/c1-16-5-2-3-6-17(16)15-32-25-27-14-22(33-21-11-9-18(26)10-12-21)23(29-25)24(31)28-19-7-4-8-20(30)13-19/h2-14,30H,15H2,1H3,(H,28,31). The van der Waals surface area contributed by atoms with Crippen molar-refractivity contribution < 1.29 is 9.90 Å². The molecule has 3 aromatic carbocycles. The molecule has 0 atom stereocenters. The lowest BCUT2D eigenvalue weighted by molar-refractivity contribution is 0.101. The van der Waals surface area contributed by atoms with E-state index in [0.717, 1.165) is 9.37 Å². The van der Waals surface area contributed by atoms with E-state index in [2.05, 4.69) is 50.3 Å². The van der Waals surface area contributed by atoms with Crippen LogP contribution < -0.4 is 5.32 Å². The summed E-state index contributed by atoms with van der Waals surface area (Å²) in [5.74, 6) is 0.425. The van der Waals surface area contributed by atoms with Crippen molar-refractivity contribution in [3.05, 3.63) is 100 Å². The fourth-order valence-corrected chi connectivity index (χ4v) is 5.00. The van der Waals surface area contributed by atoms with Crippen molar-refractivity contribution in [3.63, 3.8) is 0 Å². The first-order chi connectivity index (χ1) is 16.0. The van der Waals surface area contributed by atoms with Crippen molar-refractivity contribution in [3.8, 4) is 5.75 Å². The van der Waals surface area contributed by atoms with Crippen molar-refractivity contribution in [2.45, 2.75) is 27.6 Å². The molecule has 33 heavy (non-hydrogen) atoms. The number of anilines is 1. The second kappa shape index (κ2) is 10.9. The summed E-state index contributed by atoms with van der Waals surface area (Å²) in [7, 11) is 0. The Morgan fingerprint density at radius 2 is 1.85 bits per heavy atom. The third-order valence-electron chi connectivity index (χ3n) is 4.71. The van der Waals surface area contributed by atoms with Gasteiger partial charge in [0, 0.05) is 33.1 Å². The molecule has 1 aromatic heterocycles. The summed E-state index contributed by atoms with van der Waals surface area (Å²) in [6.07, 6.45) is 1.69. The molecule has 2 N–H and O–H groups in total. The first kappa shape index (κ1) is 23.4. The molecule has 0 bridgehead atoms. The Morgan fingerprint density at radius 3 is 2.61 bits per heavy atom. The van der Waals surface area contributed by atoms with E-state index >= 15 is 0 Å². The highest BCUT2D eigenvalue weighted by molar-refractivity contribution is 9.10. The number of phenols is 1. The van der Waals surface area contributed by atoms with Crippen LogP contribution in [-0.4, -0.2) is 21.0 Å². The van der Waals surface area contributed by atoms with Crippen LogP contribution in [0.4, 0.5) is 5.69 Å². The molecule has 0 aliphatic heterocycles. The largest absolute Gasteiger partial charge is 0.508 e. The minimum atomic E-state index is -0.361. The third kappa shape index (κ3) is 6.37. The highest BCUT2D eigenvalue weighted by Gasteiger charge is 2.18. The molecule has 0 aliphatic rings. The summed E-state index contributed by atoms with van der Waals surface area (Å²) in [6, 6.07) is 22.4. The average Bonchev–Trinajstić information content (AvgIpc) is 2.80. The fraction of sp³-hybridized carbons (Fsp3) is 0.0800. The summed E-state index contributed by atoms with van der Waals surface area (Å²) in [6.45, 7) is 2.07. The average molecular weight is 538 g/mol. The molecule has 4 rings (SSSR count). The maximum absolute atomic E-state index is 13.2. The minimum Gasteiger partial charge on any atom is -0.508 e. The van der Waals surface area contributed by atoms with E-state index in [0.29, 0.717) is 21.5 Å². The molecule has 8 heteroatoms. The van der Waals surface area contributed by atoms with Gasteiger partial charge in [-0.15, -0.1) is 0 Å². The van der Waals surface area contributed by atoms with Gasteiger partial charge in [-0.05, 0) is 54.4 Å². The van der Waals surface area contributed by atoms with Crippen LogP contribution in [0.15, 0.2) is 98.4 Å². The van der Waals surface area contributed by atoms with Crippen LogP contribution in [0.2, 0.25) is 0 Å². The number of hydrogen-bond donors (Lipinski definition) is 2. The maximum Gasteiger partial charge on any atom is 0.275 e. The monoisotopic (exact) mass is 537 g/mol. The van der Waals surface area contributed by atoms with E-state index in [1.165, 1.54) is 40.7 Å². The topological polar surface area (TPSA) is 75.1 Å². The number of carbonyl (C=O) groups is 1. The number of nitrogens with one attached hydrogen (secondary N) is 1. The molecule has 4 aromatic rings. The van der Waals surface area contributed by atoms with E-state index in [-0.39, 0.29) is 17.4 Å². The van der Waals surface area contributed by atoms with Crippen molar-refractivity contribution >= 4 is 51.0 Å². The van der Waals surface area contributed by atoms with Crippen molar-refractivity contribution in [2.75, 3.05) is 5.32 Å². The smallest absolute Gasteiger partial charge is 0.275 e. The number of nitrogens with zero attached hydrogens (tertiary/aromatic N) is 2.